The van der Waals surface area contributed by atoms with E-state index in [9.17, 15) is 9.59 Å². The Morgan fingerprint density at radius 2 is 2.10 bits per heavy atom. The zero-order chi connectivity index (χ0) is 21.0. The third kappa shape index (κ3) is 4.66. The third-order valence-electron chi connectivity index (χ3n) is 5.00. The highest BCUT2D eigenvalue weighted by Crippen LogP contribution is 2.35. The monoisotopic (exact) mass is 391 g/mol. The van der Waals surface area contributed by atoms with Crippen LogP contribution in [0.4, 0.5) is 10.5 Å². The number of imidazole rings is 1. The Balaban J connectivity index is 1.97. The van der Waals surface area contributed by atoms with Crippen LogP contribution in [0.5, 0.6) is 0 Å². The van der Waals surface area contributed by atoms with E-state index < -0.39 is 11.6 Å². The van der Waals surface area contributed by atoms with Gasteiger partial charge in [-0.2, -0.15) is 0 Å². The molecule has 3 rings (SSSR count). The number of primary amides is 1. The second kappa shape index (κ2) is 8.23. The second-order valence-corrected chi connectivity index (χ2v) is 7.58. The van der Waals surface area contributed by atoms with Crippen molar-refractivity contribution in [2.75, 3.05) is 5.32 Å². The first-order chi connectivity index (χ1) is 13.8. The Hall–Kier alpha value is -3.53. The summed E-state index contributed by atoms with van der Waals surface area (Å²) in [5, 5.41) is 5.69. The van der Waals surface area contributed by atoms with Crippen molar-refractivity contribution in [1.82, 2.24) is 15.3 Å². The summed E-state index contributed by atoms with van der Waals surface area (Å²) >= 11 is 0. The summed E-state index contributed by atoms with van der Waals surface area (Å²) in [5.74, 6) is 2.18. The maximum Gasteiger partial charge on any atom is 0.312 e. The van der Waals surface area contributed by atoms with Crippen molar-refractivity contribution in [1.29, 1.82) is 0 Å². The summed E-state index contributed by atoms with van der Waals surface area (Å²) in [5.41, 5.74) is 8.73. The van der Waals surface area contributed by atoms with Crippen molar-refractivity contribution in [3.8, 4) is 12.3 Å². The molecule has 0 fully saturated rings. The van der Waals surface area contributed by atoms with E-state index in [2.05, 4.69) is 32.6 Å². The van der Waals surface area contributed by atoms with Crippen LogP contribution in [0.1, 0.15) is 67.0 Å². The summed E-state index contributed by atoms with van der Waals surface area (Å²) in [6.07, 6.45) is 13.2. The minimum atomic E-state index is -0.652. The quantitative estimate of drug-likeness (QED) is 0.585. The molecule has 0 unspecified atom stereocenters. The molecule has 0 bridgehead atoms. The highest BCUT2D eigenvalue weighted by molar-refractivity contribution is 6.03. The van der Waals surface area contributed by atoms with Crippen LogP contribution in [0.25, 0.3) is 5.57 Å². The largest absolute Gasteiger partial charge is 0.352 e. The van der Waals surface area contributed by atoms with E-state index in [1.165, 1.54) is 11.8 Å². The Kier molecular flexibility index (Phi) is 5.74. The van der Waals surface area contributed by atoms with E-state index in [4.69, 9.17) is 12.2 Å². The lowest BCUT2D eigenvalue weighted by atomic mass is 9.87. The van der Waals surface area contributed by atoms with Crippen LogP contribution in [-0.2, 0) is 5.54 Å². The van der Waals surface area contributed by atoms with Crippen LogP contribution in [0.2, 0.25) is 0 Å². The number of terminal acetylenes is 1. The number of rotatable bonds is 5. The number of anilines is 1. The van der Waals surface area contributed by atoms with Crippen LogP contribution in [-0.4, -0.2) is 21.9 Å². The number of urea groups is 1. The number of nitrogens with zero attached hydrogens (tertiary/aromatic N) is 1. The zero-order valence-electron chi connectivity index (χ0n) is 16.6. The molecule has 1 aliphatic rings. The minimum absolute atomic E-state index is 0.154. The Morgan fingerprint density at radius 3 is 2.72 bits per heavy atom. The number of hydrogen-bond donors (Lipinski definition) is 4. The number of carbonyl (C=O) groups is 2. The molecule has 0 saturated carbocycles. The SMILES string of the molecule is C#Cc1c[nH]c(C(=O)Nc2ccc(C(C)(C)NC(N)=O)cc2C2=CCCCC2)n1. The van der Waals surface area contributed by atoms with E-state index in [1.807, 2.05) is 32.0 Å². The Bertz CT molecular complexity index is 1010. The van der Waals surface area contributed by atoms with Crippen LogP contribution in [0, 0.1) is 12.3 Å². The number of allylic oxidation sites excluding steroid dienone is 2. The van der Waals surface area contributed by atoms with Gasteiger partial charge in [-0.15, -0.1) is 6.42 Å². The molecule has 0 aliphatic heterocycles. The molecule has 5 N–H and O–H groups in total. The van der Waals surface area contributed by atoms with E-state index in [1.54, 1.807) is 0 Å². The highest BCUT2D eigenvalue weighted by Gasteiger charge is 2.24. The van der Waals surface area contributed by atoms with Gasteiger partial charge in [-0.1, -0.05) is 12.1 Å². The van der Waals surface area contributed by atoms with Crippen LogP contribution >= 0.6 is 0 Å². The summed E-state index contributed by atoms with van der Waals surface area (Å²) < 4.78 is 0. The average Bonchev–Trinajstić information content (AvgIpc) is 3.17. The van der Waals surface area contributed by atoms with Crippen molar-refractivity contribution in [2.24, 2.45) is 5.73 Å². The van der Waals surface area contributed by atoms with E-state index in [-0.39, 0.29) is 11.7 Å². The van der Waals surface area contributed by atoms with Gasteiger partial charge in [0.25, 0.3) is 5.91 Å². The van der Waals surface area contributed by atoms with Gasteiger partial charge >= 0.3 is 6.03 Å². The molecule has 7 nitrogen and oxygen atoms in total. The number of benzene rings is 1. The molecule has 150 valence electrons. The lowest BCUT2D eigenvalue weighted by Gasteiger charge is -2.28. The van der Waals surface area contributed by atoms with Crippen LogP contribution in [0.15, 0.2) is 30.5 Å². The van der Waals surface area contributed by atoms with Crippen molar-refractivity contribution >= 4 is 23.2 Å². The van der Waals surface area contributed by atoms with E-state index in [0.717, 1.165) is 36.8 Å². The maximum absolute atomic E-state index is 12.6. The number of carbonyl (C=O) groups excluding carboxylic acids is 2. The van der Waals surface area contributed by atoms with Crippen molar-refractivity contribution < 1.29 is 9.59 Å². The standard InChI is InChI=1S/C22H25N5O2/c1-4-16-13-24-19(25-16)20(28)26-18-11-10-15(22(2,3)27-21(23)29)12-17(18)14-8-6-5-7-9-14/h1,8,10-13H,5-7,9H2,2-3H3,(H,24,25)(H,26,28)(H3,23,27,29). The van der Waals surface area contributed by atoms with Gasteiger partial charge in [0.1, 0.15) is 5.69 Å². The lowest BCUT2D eigenvalue weighted by molar-refractivity contribution is 0.101. The molecular formula is C22H25N5O2. The molecule has 0 radical (unpaired) electrons. The number of hydrogen-bond acceptors (Lipinski definition) is 3. The second-order valence-electron chi connectivity index (χ2n) is 7.58. The van der Waals surface area contributed by atoms with Gasteiger partial charge < -0.3 is 21.4 Å². The van der Waals surface area contributed by atoms with E-state index in [0.29, 0.717) is 11.4 Å². The fourth-order valence-electron chi connectivity index (χ4n) is 3.46. The molecule has 1 aromatic heterocycles. The molecule has 1 aromatic carbocycles. The number of nitrogens with two attached hydrogens (primary N) is 1. The molecule has 29 heavy (non-hydrogen) atoms. The van der Waals surface area contributed by atoms with Gasteiger partial charge in [0.15, 0.2) is 5.82 Å². The predicted octanol–water partition coefficient (Wildman–Crippen LogP) is 3.50. The molecular weight excluding hydrogens is 366 g/mol. The van der Waals surface area contributed by atoms with E-state index >= 15 is 0 Å². The Labute approximate surface area is 170 Å². The average molecular weight is 391 g/mol. The first-order valence-corrected chi connectivity index (χ1v) is 9.55. The first kappa shape index (κ1) is 20.2. The number of amides is 3. The number of aromatic nitrogens is 2. The first-order valence-electron chi connectivity index (χ1n) is 9.55. The zero-order valence-corrected chi connectivity index (χ0v) is 16.6. The Morgan fingerprint density at radius 1 is 1.31 bits per heavy atom. The fraction of sp³-hybridized carbons (Fsp3) is 0.318. The molecule has 0 saturated heterocycles. The fourth-order valence-corrected chi connectivity index (χ4v) is 3.46. The molecule has 0 spiro atoms. The van der Waals surface area contributed by atoms with Gasteiger partial charge in [-0.25, -0.2) is 9.78 Å². The topological polar surface area (TPSA) is 113 Å². The molecule has 2 aromatic rings. The molecule has 1 heterocycles. The van der Waals surface area contributed by atoms with Crippen LogP contribution < -0.4 is 16.4 Å². The lowest BCUT2D eigenvalue weighted by Crippen LogP contribution is -2.44. The normalized spacial score (nSPS) is 13.9. The molecule has 1 aliphatic carbocycles. The molecule has 0 atom stereocenters. The molecule has 7 heteroatoms. The van der Waals surface area contributed by atoms with Crippen molar-refractivity contribution in [3.63, 3.8) is 0 Å². The molecule has 3 amide bonds. The third-order valence-corrected chi connectivity index (χ3v) is 5.00. The van der Waals surface area contributed by atoms with Gasteiger partial charge in [0, 0.05) is 17.4 Å². The van der Waals surface area contributed by atoms with Gasteiger partial charge in [0.05, 0.1) is 5.54 Å². The van der Waals surface area contributed by atoms with Crippen LogP contribution in [0.3, 0.4) is 0 Å². The summed E-state index contributed by atoms with van der Waals surface area (Å²) in [6.45, 7) is 3.77. The van der Waals surface area contributed by atoms with Gasteiger partial charge in [-0.05, 0) is 68.7 Å². The van der Waals surface area contributed by atoms with Crippen molar-refractivity contribution in [3.05, 3.63) is 53.1 Å². The number of aromatic amines is 1. The maximum atomic E-state index is 12.6. The predicted molar refractivity (Wildman–Crippen MR) is 113 cm³/mol. The number of H-pyrrole nitrogens is 1. The summed E-state index contributed by atoms with van der Waals surface area (Å²) in [4.78, 5) is 30.9. The highest BCUT2D eigenvalue weighted by atomic mass is 16.2. The minimum Gasteiger partial charge on any atom is -0.352 e. The number of nitrogens with one attached hydrogen (secondary N) is 3. The van der Waals surface area contributed by atoms with Gasteiger partial charge in [0.2, 0.25) is 0 Å². The smallest absolute Gasteiger partial charge is 0.312 e. The van der Waals surface area contributed by atoms with Gasteiger partial charge in [-0.3, -0.25) is 4.79 Å². The summed E-state index contributed by atoms with van der Waals surface area (Å²) in [6, 6.07) is 5.12. The summed E-state index contributed by atoms with van der Waals surface area (Å²) in [7, 11) is 0. The van der Waals surface area contributed by atoms with Crippen molar-refractivity contribution in [2.45, 2.75) is 45.1 Å².